The fraction of sp³-hybridized carbons (Fsp3) is 0.0833. The molecule has 5 rings (SSSR count). The Kier molecular flexibility index (Phi) is 4.73. The van der Waals surface area contributed by atoms with Crippen molar-refractivity contribution in [2.24, 2.45) is 0 Å². The molecule has 5 aromatic rings. The van der Waals surface area contributed by atoms with Gasteiger partial charge in [-0.1, -0.05) is 35.9 Å². The lowest BCUT2D eigenvalue weighted by molar-refractivity contribution is 1.03. The topological polar surface area (TPSA) is 67.3 Å². The number of H-pyrrole nitrogens is 1. The third-order valence-electron chi connectivity index (χ3n) is 4.92. The van der Waals surface area contributed by atoms with Gasteiger partial charge in [-0.25, -0.2) is 4.98 Å². The largest absolute Gasteiger partial charge is 0.340 e. The van der Waals surface area contributed by atoms with Crippen LogP contribution >= 0.6 is 11.6 Å². The van der Waals surface area contributed by atoms with Crippen LogP contribution < -0.4 is 0 Å². The van der Waals surface area contributed by atoms with Gasteiger partial charge in [0.15, 0.2) is 0 Å². The van der Waals surface area contributed by atoms with E-state index < -0.39 is 0 Å². The summed E-state index contributed by atoms with van der Waals surface area (Å²) in [7, 11) is 0. The summed E-state index contributed by atoms with van der Waals surface area (Å²) >= 11 is 6.02. The molecule has 0 aliphatic rings. The van der Waals surface area contributed by atoms with Crippen molar-refractivity contribution in [1.82, 2.24) is 24.9 Å². The first-order valence-electron chi connectivity index (χ1n) is 9.64. The maximum absolute atomic E-state index is 6.02. The van der Waals surface area contributed by atoms with Gasteiger partial charge in [0, 0.05) is 35.1 Å². The first-order chi connectivity index (χ1) is 14.7. The zero-order valence-electron chi connectivity index (χ0n) is 16.3. The molecule has 0 unspecified atom stereocenters. The molecule has 3 aromatic heterocycles. The van der Waals surface area contributed by atoms with E-state index >= 15 is 0 Å². The minimum Gasteiger partial charge on any atom is -0.340 e. The van der Waals surface area contributed by atoms with Crippen LogP contribution in [-0.4, -0.2) is 24.9 Å². The molecule has 0 bridgehead atoms. The standard InChI is InChI=1S/C24H18ClN5/c1-15-3-2-4-20(28-15)24-23(17-7-10-19-21(14-17)27-12-11-26-19)29-22(30-24)13-16-5-8-18(25)9-6-16/h2-12,14H,13H2,1H3,(H,29,30). The maximum Gasteiger partial charge on any atom is 0.111 e. The Bertz CT molecular complexity index is 1340. The molecule has 0 saturated carbocycles. The van der Waals surface area contributed by atoms with Gasteiger partial charge < -0.3 is 4.98 Å². The van der Waals surface area contributed by atoms with Gasteiger partial charge in [0.25, 0.3) is 0 Å². The molecule has 146 valence electrons. The fourth-order valence-electron chi connectivity index (χ4n) is 3.49. The molecule has 6 heteroatoms. The van der Waals surface area contributed by atoms with Crippen LogP contribution in [0.1, 0.15) is 17.1 Å². The number of nitrogens with zero attached hydrogens (tertiary/aromatic N) is 4. The Morgan fingerprint density at radius 2 is 1.67 bits per heavy atom. The Labute approximate surface area is 178 Å². The van der Waals surface area contributed by atoms with Crippen LogP contribution in [0.3, 0.4) is 0 Å². The van der Waals surface area contributed by atoms with Crippen molar-refractivity contribution < 1.29 is 0 Å². The second-order valence-corrected chi connectivity index (χ2v) is 7.57. The van der Waals surface area contributed by atoms with Crippen molar-refractivity contribution >= 4 is 22.6 Å². The number of hydrogen-bond donors (Lipinski definition) is 1. The Hall–Kier alpha value is -3.57. The number of fused-ring (bicyclic) bond motifs is 1. The monoisotopic (exact) mass is 411 g/mol. The molecule has 5 nitrogen and oxygen atoms in total. The summed E-state index contributed by atoms with van der Waals surface area (Å²) in [6.07, 6.45) is 4.07. The zero-order chi connectivity index (χ0) is 20.5. The normalized spacial score (nSPS) is 11.1. The predicted octanol–water partition coefficient (Wildman–Crippen LogP) is 5.63. The number of aromatic amines is 1. The number of hydrogen-bond acceptors (Lipinski definition) is 4. The second-order valence-electron chi connectivity index (χ2n) is 7.13. The summed E-state index contributed by atoms with van der Waals surface area (Å²) in [4.78, 5) is 21.9. The van der Waals surface area contributed by atoms with Gasteiger partial charge in [-0.3, -0.25) is 15.0 Å². The molecule has 0 saturated heterocycles. The van der Waals surface area contributed by atoms with Gasteiger partial charge in [-0.15, -0.1) is 0 Å². The minimum atomic E-state index is 0.670. The Balaban J connectivity index is 1.63. The highest BCUT2D eigenvalue weighted by Crippen LogP contribution is 2.31. The van der Waals surface area contributed by atoms with E-state index in [1.54, 1.807) is 12.4 Å². The lowest BCUT2D eigenvalue weighted by Crippen LogP contribution is -1.91. The van der Waals surface area contributed by atoms with E-state index in [4.69, 9.17) is 21.6 Å². The molecule has 2 aromatic carbocycles. The van der Waals surface area contributed by atoms with Gasteiger partial charge in [0.05, 0.1) is 28.1 Å². The summed E-state index contributed by atoms with van der Waals surface area (Å²) in [5, 5.41) is 0.723. The average molecular weight is 412 g/mol. The first kappa shape index (κ1) is 18.5. The second kappa shape index (κ2) is 7.69. The van der Waals surface area contributed by atoms with Crippen LogP contribution in [0, 0.1) is 6.92 Å². The van der Waals surface area contributed by atoms with Crippen molar-refractivity contribution in [3.63, 3.8) is 0 Å². The van der Waals surface area contributed by atoms with Crippen molar-refractivity contribution in [3.8, 4) is 22.6 Å². The van der Waals surface area contributed by atoms with Crippen LogP contribution in [0.4, 0.5) is 0 Å². The van der Waals surface area contributed by atoms with Crippen molar-refractivity contribution in [2.75, 3.05) is 0 Å². The molecular weight excluding hydrogens is 394 g/mol. The highest BCUT2D eigenvalue weighted by Gasteiger charge is 2.16. The van der Waals surface area contributed by atoms with E-state index in [1.165, 1.54) is 0 Å². The third-order valence-corrected chi connectivity index (χ3v) is 5.18. The minimum absolute atomic E-state index is 0.670. The predicted molar refractivity (Wildman–Crippen MR) is 119 cm³/mol. The number of pyridine rings is 1. The fourth-order valence-corrected chi connectivity index (χ4v) is 3.61. The molecule has 0 spiro atoms. The van der Waals surface area contributed by atoms with Crippen LogP contribution in [-0.2, 0) is 6.42 Å². The van der Waals surface area contributed by atoms with E-state index in [0.29, 0.717) is 6.42 Å². The van der Waals surface area contributed by atoms with Crippen LogP contribution in [0.5, 0.6) is 0 Å². The number of imidazole rings is 1. The molecule has 1 N–H and O–H groups in total. The van der Waals surface area contributed by atoms with Gasteiger partial charge in [0.2, 0.25) is 0 Å². The van der Waals surface area contributed by atoms with Crippen molar-refractivity contribution in [2.45, 2.75) is 13.3 Å². The molecule has 0 aliphatic carbocycles. The van der Waals surface area contributed by atoms with Crippen LogP contribution in [0.2, 0.25) is 5.02 Å². The molecule has 0 atom stereocenters. The van der Waals surface area contributed by atoms with Crippen molar-refractivity contribution in [3.05, 3.63) is 95.2 Å². The summed E-state index contributed by atoms with van der Waals surface area (Å²) < 4.78 is 0. The van der Waals surface area contributed by atoms with Gasteiger partial charge >= 0.3 is 0 Å². The summed E-state index contributed by atoms with van der Waals surface area (Å²) in [5.41, 5.74) is 7.35. The number of nitrogens with one attached hydrogen (secondary N) is 1. The van der Waals surface area contributed by atoms with E-state index in [2.05, 4.69) is 15.0 Å². The van der Waals surface area contributed by atoms with Gasteiger partial charge in [-0.05, 0) is 48.9 Å². The SMILES string of the molecule is Cc1cccc(-c2[nH]c(Cc3ccc(Cl)cc3)nc2-c2ccc3nccnc3c2)n1. The van der Waals surface area contributed by atoms with Gasteiger partial charge in [-0.2, -0.15) is 0 Å². The lowest BCUT2D eigenvalue weighted by atomic mass is 10.1. The number of halogens is 1. The smallest absolute Gasteiger partial charge is 0.111 e. The Morgan fingerprint density at radius 1 is 0.867 bits per heavy atom. The van der Waals surface area contributed by atoms with E-state index in [9.17, 15) is 0 Å². The molecule has 0 fully saturated rings. The molecule has 0 amide bonds. The van der Waals surface area contributed by atoms with E-state index in [1.807, 2.05) is 67.6 Å². The number of aromatic nitrogens is 5. The summed E-state index contributed by atoms with van der Waals surface area (Å²) in [5.74, 6) is 0.866. The number of benzene rings is 2. The molecule has 30 heavy (non-hydrogen) atoms. The summed E-state index contributed by atoms with van der Waals surface area (Å²) in [6.45, 7) is 1.99. The Morgan fingerprint density at radius 3 is 2.47 bits per heavy atom. The average Bonchev–Trinajstić information content (AvgIpc) is 3.19. The highest BCUT2D eigenvalue weighted by molar-refractivity contribution is 6.30. The number of aryl methyl sites for hydroxylation is 1. The zero-order valence-corrected chi connectivity index (χ0v) is 17.1. The molecule has 3 heterocycles. The van der Waals surface area contributed by atoms with Crippen molar-refractivity contribution in [1.29, 1.82) is 0 Å². The quantitative estimate of drug-likeness (QED) is 0.416. The van der Waals surface area contributed by atoms with E-state index in [0.717, 1.165) is 55.8 Å². The number of rotatable bonds is 4. The highest BCUT2D eigenvalue weighted by atomic mass is 35.5. The molecule has 0 aliphatic heterocycles. The van der Waals surface area contributed by atoms with Gasteiger partial charge in [0.1, 0.15) is 5.82 Å². The van der Waals surface area contributed by atoms with Crippen LogP contribution in [0.15, 0.2) is 73.1 Å². The van der Waals surface area contributed by atoms with Crippen LogP contribution in [0.25, 0.3) is 33.7 Å². The van der Waals surface area contributed by atoms with E-state index in [-0.39, 0.29) is 0 Å². The first-order valence-corrected chi connectivity index (χ1v) is 10.0. The third kappa shape index (κ3) is 3.67. The summed E-state index contributed by atoms with van der Waals surface area (Å²) in [6, 6.07) is 19.8. The lowest BCUT2D eigenvalue weighted by Gasteiger charge is -2.04. The maximum atomic E-state index is 6.02. The molecule has 0 radical (unpaired) electrons. The molecular formula is C24H18ClN5.